The summed E-state index contributed by atoms with van der Waals surface area (Å²) in [6.07, 6.45) is 6.81. The monoisotopic (exact) mass is 341 g/mol. The number of carbonyl (C=O) groups is 1. The van der Waals surface area contributed by atoms with Crippen LogP contribution in [0.3, 0.4) is 0 Å². The molecule has 5 heteroatoms. The molecule has 0 radical (unpaired) electrons. The molecule has 0 spiro atoms. The molecule has 1 aromatic heterocycles. The standard InChI is InChI=1S/C20H24FN3O/c1-2-17-8-3-4-11-24(17)18-9-10-19(22-14-18)23-20(25)13-15-6-5-7-16(21)12-15/h5-7,9-10,12,14,17H,2-4,8,11,13H2,1H3,(H,22,23,25). The third-order valence-electron chi connectivity index (χ3n) is 4.70. The lowest BCUT2D eigenvalue weighted by molar-refractivity contribution is -0.115. The molecule has 1 atom stereocenters. The Bertz CT molecular complexity index is 717. The number of carbonyl (C=O) groups excluding carboxylic acids is 1. The first-order chi connectivity index (χ1) is 12.2. The van der Waals surface area contributed by atoms with Crippen LogP contribution in [0.1, 0.15) is 38.2 Å². The smallest absolute Gasteiger partial charge is 0.229 e. The van der Waals surface area contributed by atoms with Gasteiger partial charge in [0.2, 0.25) is 5.91 Å². The van der Waals surface area contributed by atoms with E-state index in [9.17, 15) is 9.18 Å². The van der Waals surface area contributed by atoms with Crippen LogP contribution >= 0.6 is 0 Å². The van der Waals surface area contributed by atoms with Gasteiger partial charge in [0.25, 0.3) is 0 Å². The van der Waals surface area contributed by atoms with E-state index < -0.39 is 0 Å². The fraction of sp³-hybridized carbons (Fsp3) is 0.400. The van der Waals surface area contributed by atoms with Gasteiger partial charge < -0.3 is 10.2 Å². The van der Waals surface area contributed by atoms with Crippen LogP contribution in [-0.4, -0.2) is 23.5 Å². The number of hydrogen-bond donors (Lipinski definition) is 1. The van der Waals surface area contributed by atoms with E-state index in [1.165, 1.54) is 31.4 Å². The first-order valence-electron chi connectivity index (χ1n) is 8.92. The number of piperidine rings is 1. The molecule has 1 aliphatic rings. The van der Waals surface area contributed by atoms with Gasteiger partial charge in [-0.2, -0.15) is 0 Å². The Morgan fingerprint density at radius 2 is 2.20 bits per heavy atom. The lowest BCUT2D eigenvalue weighted by Crippen LogP contribution is -2.39. The van der Waals surface area contributed by atoms with Gasteiger partial charge in [0.15, 0.2) is 0 Å². The summed E-state index contributed by atoms with van der Waals surface area (Å²) < 4.78 is 13.2. The molecular weight excluding hydrogens is 317 g/mol. The summed E-state index contributed by atoms with van der Waals surface area (Å²) in [4.78, 5) is 18.9. The van der Waals surface area contributed by atoms with Gasteiger partial charge in [-0.05, 0) is 55.5 Å². The van der Waals surface area contributed by atoms with Crippen LogP contribution in [0.25, 0.3) is 0 Å². The van der Waals surface area contributed by atoms with E-state index in [2.05, 4.69) is 22.1 Å². The summed E-state index contributed by atoms with van der Waals surface area (Å²) in [5.74, 6) is -0.00902. The molecule has 132 valence electrons. The molecule has 0 aliphatic carbocycles. The predicted molar refractivity (Wildman–Crippen MR) is 98.2 cm³/mol. The maximum absolute atomic E-state index is 13.2. The highest BCUT2D eigenvalue weighted by Crippen LogP contribution is 2.26. The Kier molecular flexibility index (Phi) is 5.64. The van der Waals surface area contributed by atoms with E-state index in [4.69, 9.17) is 0 Å². The fourth-order valence-electron chi connectivity index (χ4n) is 3.41. The maximum atomic E-state index is 13.2. The second kappa shape index (κ2) is 8.10. The number of aromatic nitrogens is 1. The van der Waals surface area contributed by atoms with E-state index in [-0.39, 0.29) is 18.1 Å². The largest absolute Gasteiger partial charge is 0.367 e. The molecule has 1 fully saturated rings. The molecule has 1 aromatic carbocycles. The third-order valence-corrected chi connectivity index (χ3v) is 4.70. The molecule has 4 nitrogen and oxygen atoms in total. The first-order valence-corrected chi connectivity index (χ1v) is 8.92. The van der Waals surface area contributed by atoms with Crippen molar-refractivity contribution in [1.29, 1.82) is 0 Å². The Hall–Kier alpha value is -2.43. The van der Waals surface area contributed by atoms with Gasteiger partial charge >= 0.3 is 0 Å². The zero-order chi connectivity index (χ0) is 17.6. The van der Waals surface area contributed by atoms with E-state index in [0.717, 1.165) is 18.7 Å². The number of halogens is 1. The lowest BCUT2D eigenvalue weighted by atomic mass is 9.99. The minimum Gasteiger partial charge on any atom is -0.367 e. The number of anilines is 2. The molecule has 2 heterocycles. The SMILES string of the molecule is CCC1CCCCN1c1ccc(NC(=O)Cc2cccc(F)c2)nc1. The molecule has 2 aromatic rings. The summed E-state index contributed by atoms with van der Waals surface area (Å²) in [5, 5.41) is 2.77. The van der Waals surface area contributed by atoms with Crippen molar-refractivity contribution < 1.29 is 9.18 Å². The minimum atomic E-state index is -0.334. The molecule has 1 unspecified atom stereocenters. The summed E-state index contributed by atoms with van der Waals surface area (Å²) >= 11 is 0. The van der Waals surface area contributed by atoms with Gasteiger partial charge in [-0.3, -0.25) is 4.79 Å². The Morgan fingerprint density at radius 3 is 2.92 bits per heavy atom. The van der Waals surface area contributed by atoms with Crippen LogP contribution in [0.4, 0.5) is 15.9 Å². The van der Waals surface area contributed by atoms with E-state index in [0.29, 0.717) is 17.4 Å². The molecule has 25 heavy (non-hydrogen) atoms. The van der Waals surface area contributed by atoms with Gasteiger partial charge in [0.1, 0.15) is 11.6 Å². The molecule has 3 rings (SSSR count). The Labute approximate surface area is 148 Å². The zero-order valence-corrected chi connectivity index (χ0v) is 14.5. The van der Waals surface area contributed by atoms with Crippen LogP contribution in [-0.2, 0) is 11.2 Å². The average molecular weight is 341 g/mol. The van der Waals surface area contributed by atoms with Crippen molar-refractivity contribution in [2.24, 2.45) is 0 Å². The molecule has 0 saturated carbocycles. The minimum absolute atomic E-state index is 0.130. The number of pyridine rings is 1. The Balaban J connectivity index is 1.61. The van der Waals surface area contributed by atoms with E-state index in [1.807, 2.05) is 18.3 Å². The van der Waals surface area contributed by atoms with Crippen molar-refractivity contribution >= 4 is 17.4 Å². The van der Waals surface area contributed by atoms with Crippen molar-refractivity contribution in [1.82, 2.24) is 4.98 Å². The van der Waals surface area contributed by atoms with E-state index >= 15 is 0 Å². The molecule has 0 bridgehead atoms. The van der Waals surface area contributed by atoms with Crippen LogP contribution in [0, 0.1) is 5.82 Å². The topological polar surface area (TPSA) is 45.2 Å². The number of rotatable bonds is 5. The molecule has 1 saturated heterocycles. The first kappa shape index (κ1) is 17.4. The van der Waals surface area contributed by atoms with Gasteiger partial charge in [0.05, 0.1) is 18.3 Å². The molecule has 1 aliphatic heterocycles. The number of benzene rings is 1. The lowest BCUT2D eigenvalue weighted by Gasteiger charge is -2.37. The second-order valence-electron chi connectivity index (χ2n) is 6.51. The van der Waals surface area contributed by atoms with Gasteiger partial charge in [-0.15, -0.1) is 0 Å². The van der Waals surface area contributed by atoms with Crippen molar-refractivity contribution in [2.45, 2.75) is 45.1 Å². The number of nitrogens with zero attached hydrogens (tertiary/aromatic N) is 2. The van der Waals surface area contributed by atoms with Crippen molar-refractivity contribution in [3.8, 4) is 0 Å². The van der Waals surface area contributed by atoms with Crippen molar-refractivity contribution in [3.05, 3.63) is 54.0 Å². The zero-order valence-electron chi connectivity index (χ0n) is 14.5. The summed E-state index contributed by atoms with van der Waals surface area (Å²) in [6, 6.07) is 10.5. The van der Waals surface area contributed by atoms with Gasteiger partial charge in [-0.25, -0.2) is 9.37 Å². The highest BCUT2D eigenvalue weighted by atomic mass is 19.1. The summed E-state index contributed by atoms with van der Waals surface area (Å²) in [7, 11) is 0. The number of hydrogen-bond acceptors (Lipinski definition) is 3. The second-order valence-corrected chi connectivity index (χ2v) is 6.51. The normalized spacial score (nSPS) is 17.4. The fourth-order valence-corrected chi connectivity index (χ4v) is 3.41. The summed E-state index contributed by atoms with van der Waals surface area (Å²) in [6.45, 7) is 3.28. The van der Waals surface area contributed by atoms with Crippen LogP contribution in [0.15, 0.2) is 42.6 Å². The van der Waals surface area contributed by atoms with Crippen molar-refractivity contribution in [2.75, 3.05) is 16.8 Å². The van der Waals surface area contributed by atoms with Crippen LogP contribution in [0.2, 0.25) is 0 Å². The van der Waals surface area contributed by atoms with Crippen LogP contribution < -0.4 is 10.2 Å². The number of nitrogens with one attached hydrogen (secondary N) is 1. The molecule has 1 N–H and O–H groups in total. The van der Waals surface area contributed by atoms with Crippen molar-refractivity contribution in [3.63, 3.8) is 0 Å². The number of amides is 1. The predicted octanol–water partition coefficient (Wildman–Crippen LogP) is 4.17. The third kappa shape index (κ3) is 4.56. The highest BCUT2D eigenvalue weighted by Gasteiger charge is 2.21. The quantitative estimate of drug-likeness (QED) is 0.888. The van der Waals surface area contributed by atoms with Gasteiger partial charge in [0, 0.05) is 12.6 Å². The maximum Gasteiger partial charge on any atom is 0.229 e. The molecule has 1 amide bonds. The highest BCUT2D eigenvalue weighted by molar-refractivity contribution is 5.91. The molecular formula is C20H24FN3O. The summed E-state index contributed by atoms with van der Waals surface area (Å²) in [5.41, 5.74) is 1.75. The average Bonchev–Trinajstić information content (AvgIpc) is 2.62. The van der Waals surface area contributed by atoms with E-state index in [1.54, 1.807) is 12.1 Å². The van der Waals surface area contributed by atoms with Crippen LogP contribution in [0.5, 0.6) is 0 Å². The van der Waals surface area contributed by atoms with Gasteiger partial charge in [-0.1, -0.05) is 19.1 Å². The Morgan fingerprint density at radius 1 is 1.32 bits per heavy atom.